The van der Waals surface area contributed by atoms with E-state index >= 15 is 0 Å². The summed E-state index contributed by atoms with van der Waals surface area (Å²) in [6, 6.07) is 26.6. The molecule has 1 amide bonds. The van der Waals surface area contributed by atoms with Crippen molar-refractivity contribution in [2.75, 3.05) is 11.9 Å². The van der Waals surface area contributed by atoms with Crippen molar-refractivity contribution in [2.24, 2.45) is 0 Å². The maximum Gasteiger partial charge on any atom is 0.255 e. The van der Waals surface area contributed by atoms with Crippen LogP contribution in [0.5, 0.6) is 11.5 Å². The molecule has 0 aliphatic heterocycles. The van der Waals surface area contributed by atoms with Gasteiger partial charge in [-0.05, 0) is 62.4 Å². The Balaban J connectivity index is 1.58. The summed E-state index contributed by atoms with van der Waals surface area (Å²) < 4.78 is 11.7. The maximum atomic E-state index is 13.2. The van der Waals surface area contributed by atoms with E-state index in [0.717, 1.165) is 16.9 Å². The average Bonchev–Trinajstić information content (AvgIpc) is 2.90. The smallest absolute Gasteiger partial charge is 0.255 e. The molecule has 6 heteroatoms. The highest BCUT2D eigenvalue weighted by atomic mass is 35.5. The highest BCUT2D eigenvalue weighted by molar-refractivity contribution is 6.31. The van der Waals surface area contributed by atoms with Crippen molar-refractivity contribution >= 4 is 29.0 Å². The van der Waals surface area contributed by atoms with Gasteiger partial charge in [0.05, 0.1) is 12.3 Å². The predicted octanol–water partition coefficient (Wildman–Crippen LogP) is 7.11. The van der Waals surface area contributed by atoms with Gasteiger partial charge < -0.3 is 14.8 Å². The number of carbonyl (C=O) groups is 2. The molecule has 182 valence electrons. The zero-order valence-corrected chi connectivity index (χ0v) is 20.8. The van der Waals surface area contributed by atoms with E-state index in [0.29, 0.717) is 39.8 Å². The number of ketones is 1. The molecule has 0 bridgehead atoms. The molecule has 0 saturated heterocycles. The van der Waals surface area contributed by atoms with E-state index in [4.69, 9.17) is 21.1 Å². The van der Waals surface area contributed by atoms with Gasteiger partial charge in [-0.25, -0.2) is 0 Å². The first-order chi connectivity index (χ1) is 17.4. The molecule has 0 aromatic heterocycles. The number of carbonyl (C=O) groups excluding carboxylic acids is 2. The lowest BCUT2D eigenvalue weighted by atomic mass is 10.0. The molecule has 0 spiro atoms. The molecule has 0 aliphatic carbocycles. The van der Waals surface area contributed by atoms with Gasteiger partial charge in [-0.3, -0.25) is 9.59 Å². The number of hydrogen-bond donors (Lipinski definition) is 1. The maximum absolute atomic E-state index is 13.2. The van der Waals surface area contributed by atoms with Crippen LogP contribution in [0.2, 0.25) is 5.02 Å². The number of ether oxygens (including phenoxy) is 2. The lowest BCUT2D eigenvalue weighted by Gasteiger charge is -2.15. The van der Waals surface area contributed by atoms with Crippen molar-refractivity contribution in [1.29, 1.82) is 0 Å². The van der Waals surface area contributed by atoms with Crippen molar-refractivity contribution < 1.29 is 19.1 Å². The molecular weight excluding hydrogens is 474 g/mol. The van der Waals surface area contributed by atoms with E-state index in [-0.39, 0.29) is 18.3 Å². The molecule has 5 nitrogen and oxygen atoms in total. The largest absolute Gasteiger partial charge is 0.493 e. The van der Waals surface area contributed by atoms with Gasteiger partial charge in [-0.15, -0.1) is 0 Å². The lowest BCUT2D eigenvalue weighted by Crippen LogP contribution is -2.16. The first kappa shape index (κ1) is 25.0. The van der Waals surface area contributed by atoms with E-state index < -0.39 is 0 Å². The molecule has 4 aromatic carbocycles. The van der Waals surface area contributed by atoms with Crippen molar-refractivity contribution in [1.82, 2.24) is 0 Å². The van der Waals surface area contributed by atoms with E-state index in [1.165, 1.54) is 0 Å². The summed E-state index contributed by atoms with van der Waals surface area (Å²) in [7, 11) is 0. The lowest BCUT2D eigenvalue weighted by molar-refractivity contribution is 0.102. The zero-order valence-electron chi connectivity index (χ0n) is 20.1. The van der Waals surface area contributed by atoms with Gasteiger partial charge in [0.25, 0.3) is 5.91 Å². The third-order valence-electron chi connectivity index (χ3n) is 5.55. The van der Waals surface area contributed by atoms with Gasteiger partial charge in [-0.2, -0.15) is 0 Å². The van der Waals surface area contributed by atoms with Crippen molar-refractivity contribution in [2.45, 2.75) is 20.5 Å². The molecule has 4 rings (SSSR count). The van der Waals surface area contributed by atoms with Crippen molar-refractivity contribution in [3.8, 4) is 11.5 Å². The molecule has 0 saturated carbocycles. The van der Waals surface area contributed by atoms with Crippen LogP contribution < -0.4 is 14.8 Å². The number of aryl methyl sites for hydroxylation is 1. The second-order valence-electron chi connectivity index (χ2n) is 8.20. The molecule has 1 N–H and O–H groups in total. The highest BCUT2D eigenvalue weighted by Gasteiger charge is 2.18. The van der Waals surface area contributed by atoms with Crippen LogP contribution in [-0.2, 0) is 6.61 Å². The number of hydrogen-bond acceptors (Lipinski definition) is 4. The SMILES string of the molecule is CCOc1ccc(C(=O)Nc2ccc(Cl)cc2C(=O)c2ccccc2)cc1COc1ccc(C)cc1. The third kappa shape index (κ3) is 6.12. The minimum atomic E-state index is -0.362. The fraction of sp³-hybridized carbons (Fsp3) is 0.133. The second-order valence-corrected chi connectivity index (χ2v) is 8.63. The summed E-state index contributed by atoms with van der Waals surface area (Å²) in [6.45, 7) is 4.63. The summed E-state index contributed by atoms with van der Waals surface area (Å²) in [5.41, 5.74) is 3.49. The van der Waals surface area contributed by atoms with Crippen LogP contribution in [0.15, 0.2) is 91.0 Å². The summed E-state index contributed by atoms with van der Waals surface area (Å²) in [4.78, 5) is 26.3. The van der Waals surface area contributed by atoms with Crippen LogP contribution in [0.25, 0.3) is 0 Å². The second kappa shape index (κ2) is 11.6. The molecule has 0 unspecified atom stereocenters. The van der Waals surface area contributed by atoms with Gasteiger partial charge >= 0.3 is 0 Å². The van der Waals surface area contributed by atoms with E-state index in [1.807, 2.05) is 44.2 Å². The Kier molecular flexibility index (Phi) is 8.03. The first-order valence-electron chi connectivity index (χ1n) is 11.6. The molecule has 0 aliphatic rings. The van der Waals surface area contributed by atoms with Gasteiger partial charge in [0.2, 0.25) is 0 Å². The predicted molar refractivity (Wildman–Crippen MR) is 142 cm³/mol. The van der Waals surface area contributed by atoms with E-state index in [2.05, 4.69) is 5.32 Å². The normalized spacial score (nSPS) is 10.5. The van der Waals surface area contributed by atoms with Crippen LogP contribution in [-0.4, -0.2) is 18.3 Å². The van der Waals surface area contributed by atoms with Crippen LogP contribution >= 0.6 is 11.6 Å². The van der Waals surface area contributed by atoms with Crippen LogP contribution in [0.3, 0.4) is 0 Å². The fourth-order valence-corrected chi connectivity index (χ4v) is 3.85. The Morgan fingerprint density at radius 1 is 0.833 bits per heavy atom. The minimum absolute atomic E-state index is 0.229. The van der Waals surface area contributed by atoms with Gasteiger partial charge in [0.15, 0.2) is 5.78 Å². The molecular formula is C30H26ClNO4. The highest BCUT2D eigenvalue weighted by Crippen LogP contribution is 2.26. The minimum Gasteiger partial charge on any atom is -0.493 e. The summed E-state index contributed by atoms with van der Waals surface area (Å²) >= 11 is 6.17. The zero-order chi connectivity index (χ0) is 25.5. The van der Waals surface area contributed by atoms with Crippen LogP contribution in [0.1, 0.15) is 44.3 Å². The number of benzene rings is 4. The van der Waals surface area contributed by atoms with Crippen molar-refractivity contribution in [3.63, 3.8) is 0 Å². The fourth-order valence-electron chi connectivity index (χ4n) is 3.68. The molecule has 0 fully saturated rings. The first-order valence-corrected chi connectivity index (χ1v) is 12.0. The molecule has 0 atom stereocenters. The Morgan fingerprint density at radius 2 is 1.58 bits per heavy atom. The van der Waals surface area contributed by atoms with Crippen LogP contribution in [0.4, 0.5) is 5.69 Å². The number of rotatable bonds is 9. The topological polar surface area (TPSA) is 64.6 Å². The molecule has 36 heavy (non-hydrogen) atoms. The molecule has 0 radical (unpaired) electrons. The summed E-state index contributed by atoms with van der Waals surface area (Å²) in [6.07, 6.45) is 0. The molecule has 0 heterocycles. The molecule has 4 aromatic rings. The summed E-state index contributed by atoms with van der Waals surface area (Å²) in [5, 5.41) is 3.27. The Bertz CT molecular complexity index is 1370. The number of anilines is 1. The van der Waals surface area contributed by atoms with Gasteiger partial charge in [-0.1, -0.05) is 59.6 Å². The monoisotopic (exact) mass is 499 g/mol. The van der Waals surface area contributed by atoms with Crippen molar-refractivity contribution in [3.05, 3.63) is 124 Å². The number of amides is 1. The van der Waals surface area contributed by atoms with Crippen LogP contribution in [0, 0.1) is 6.92 Å². The van der Waals surface area contributed by atoms with E-state index in [1.54, 1.807) is 60.7 Å². The Hall–Kier alpha value is -4.09. The van der Waals surface area contributed by atoms with Gasteiger partial charge in [0, 0.05) is 27.3 Å². The van der Waals surface area contributed by atoms with E-state index in [9.17, 15) is 9.59 Å². The average molecular weight is 500 g/mol. The Morgan fingerprint density at radius 3 is 2.31 bits per heavy atom. The Labute approximate surface area is 215 Å². The number of halogens is 1. The third-order valence-corrected chi connectivity index (χ3v) is 5.78. The quantitative estimate of drug-likeness (QED) is 0.249. The standard InChI is InChI=1S/C30H26ClNO4/c1-3-35-28-16-11-22(17-23(28)19-36-25-13-9-20(2)10-14-25)30(34)32-27-15-12-24(31)18-26(27)29(33)21-7-5-4-6-8-21/h4-18H,3,19H2,1-2H3,(H,32,34). The van der Waals surface area contributed by atoms with Gasteiger partial charge in [0.1, 0.15) is 18.1 Å². The number of nitrogens with one attached hydrogen (secondary N) is 1. The summed E-state index contributed by atoms with van der Waals surface area (Å²) in [5.74, 6) is 0.780.